The zero-order valence-electron chi connectivity index (χ0n) is 16.2. The van der Waals surface area contributed by atoms with Crippen LogP contribution in [-0.4, -0.2) is 64.2 Å². The van der Waals surface area contributed by atoms with Crippen LogP contribution in [0, 0.1) is 0 Å². The summed E-state index contributed by atoms with van der Waals surface area (Å²) >= 11 is 0. The van der Waals surface area contributed by atoms with Gasteiger partial charge in [0.25, 0.3) is 0 Å². The molecule has 1 amide bonds. The molecule has 28 heavy (non-hydrogen) atoms. The number of nitrogens with one attached hydrogen (secondary N) is 3. The summed E-state index contributed by atoms with van der Waals surface area (Å²) in [6.45, 7) is 5.47. The number of guanidine groups is 1. The fraction of sp³-hybridized carbons (Fsp3) is 0.474. The molecular formula is C19H28N8O. The Hall–Kier alpha value is -2.94. The highest BCUT2D eigenvalue weighted by Crippen LogP contribution is 2.16. The van der Waals surface area contributed by atoms with Crippen LogP contribution in [0.25, 0.3) is 11.4 Å². The second kappa shape index (κ2) is 9.84. The monoisotopic (exact) mass is 384 g/mol. The first-order valence-electron chi connectivity index (χ1n) is 9.64. The molecule has 0 radical (unpaired) electrons. The highest BCUT2D eigenvalue weighted by molar-refractivity contribution is 5.80. The van der Waals surface area contributed by atoms with Crippen LogP contribution in [0.2, 0.25) is 0 Å². The molecule has 1 saturated heterocycles. The van der Waals surface area contributed by atoms with E-state index in [1.165, 1.54) is 6.33 Å². The first-order chi connectivity index (χ1) is 13.6. The first kappa shape index (κ1) is 19.8. The zero-order chi connectivity index (χ0) is 19.8. The fourth-order valence-corrected chi connectivity index (χ4v) is 3.30. The van der Waals surface area contributed by atoms with Gasteiger partial charge in [0.2, 0.25) is 5.91 Å². The number of amides is 1. The Labute approximate surface area is 164 Å². The number of piperidine rings is 1. The molecule has 1 aromatic heterocycles. The van der Waals surface area contributed by atoms with Gasteiger partial charge in [0.1, 0.15) is 6.33 Å². The second-order valence-corrected chi connectivity index (χ2v) is 6.89. The van der Waals surface area contributed by atoms with Gasteiger partial charge in [-0.3, -0.25) is 14.8 Å². The number of aliphatic imine (C=N–C) groups is 1. The third-order valence-electron chi connectivity index (χ3n) is 4.69. The van der Waals surface area contributed by atoms with E-state index in [0.29, 0.717) is 19.1 Å². The number of aromatic nitrogens is 3. The molecule has 1 aromatic carbocycles. The molecule has 3 rings (SSSR count). The van der Waals surface area contributed by atoms with Gasteiger partial charge in [0.15, 0.2) is 11.8 Å². The number of aromatic amines is 1. The number of carbonyl (C=O) groups is 1. The first-order valence-corrected chi connectivity index (χ1v) is 9.64. The molecule has 1 aliphatic heterocycles. The van der Waals surface area contributed by atoms with Gasteiger partial charge in [-0.2, -0.15) is 5.10 Å². The number of likely N-dealkylation sites (tertiary alicyclic amines) is 1. The van der Waals surface area contributed by atoms with Crippen LogP contribution in [-0.2, 0) is 11.3 Å². The molecule has 9 heteroatoms. The van der Waals surface area contributed by atoms with Crippen molar-refractivity contribution in [1.82, 2.24) is 30.7 Å². The predicted octanol–water partition coefficient (Wildman–Crippen LogP) is 0.477. The molecule has 0 spiro atoms. The van der Waals surface area contributed by atoms with E-state index in [-0.39, 0.29) is 5.91 Å². The van der Waals surface area contributed by atoms with Crippen LogP contribution in [0.1, 0.15) is 25.3 Å². The molecule has 150 valence electrons. The number of hydrogen-bond acceptors (Lipinski definition) is 5. The van der Waals surface area contributed by atoms with Crippen LogP contribution in [0.4, 0.5) is 0 Å². The Kier molecular flexibility index (Phi) is 6.96. The van der Waals surface area contributed by atoms with E-state index in [4.69, 9.17) is 10.7 Å². The van der Waals surface area contributed by atoms with E-state index < -0.39 is 0 Å². The molecule has 9 nitrogen and oxygen atoms in total. The minimum Gasteiger partial charge on any atom is -0.369 e. The topological polar surface area (TPSA) is 124 Å². The Morgan fingerprint density at radius 2 is 2.21 bits per heavy atom. The van der Waals surface area contributed by atoms with Gasteiger partial charge in [-0.05, 0) is 31.4 Å². The zero-order valence-corrected chi connectivity index (χ0v) is 16.2. The molecule has 0 atom stereocenters. The van der Waals surface area contributed by atoms with Gasteiger partial charge in [0, 0.05) is 31.2 Å². The lowest BCUT2D eigenvalue weighted by molar-refractivity contribution is -0.119. The molecule has 0 unspecified atom stereocenters. The lowest BCUT2D eigenvalue weighted by atomic mass is 10.1. The predicted molar refractivity (Wildman–Crippen MR) is 108 cm³/mol. The summed E-state index contributed by atoms with van der Waals surface area (Å²) in [5.41, 5.74) is 7.37. The van der Waals surface area contributed by atoms with E-state index in [1.807, 2.05) is 12.1 Å². The maximum absolute atomic E-state index is 11.1. The van der Waals surface area contributed by atoms with Crippen molar-refractivity contribution in [3.05, 3.63) is 36.2 Å². The summed E-state index contributed by atoms with van der Waals surface area (Å²) in [5, 5.41) is 13.6. The maximum atomic E-state index is 11.1. The van der Waals surface area contributed by atoms with Gasteiger partial charge < -0.3 is 16.4 Å². The van der Waals surface area contributed by atoms with Gasteiger partial charge in [-0.15, -0.1) is 0 Å². The minimum absolute atomic E-state index is 0.270. The summed E-state index contributed by atoms with van der Waals surface area (Å²) in [7, 11) is 0. The molecule has 2 heterocycles. The third-order valence-corrected chi connectivity index (χ3v) is 4.69. The molecule has 1 fully saturated rings. The largest absolute Gasteiger partial charge is 0.369 e. The molecule has 2 aromatic rings. The van der Waals surface area contributed by atoms with E-state index in [0.717, 1.165) is 55.4 Å². The Bertz CT molecular complexity index is 781. The second-order valence-electron chi connectivity index (χ2n) is 6.89. The fourth-order valence-electron chi connectivity index (χ4n) is 3.30. The molecular weight excluding hydrogens is 356 g/mol. The van der Waals surface area contributed by atoms with Crippen molar-refractivity contribution in [3.8, 4) is 11.4 Å². The SMILES string of the molecule is CCNC(=NCc1cccc(-c2ncn[nH]2)c1)NC1CCN(CC(N)=O)CC1. The molecule has 0 bridgehead atoms. The minimum atomic E-state index is -0.270. The van der Waals surface area contributed by atoms with Crippen molar-refractivity contribution < 1.29 is 4.79 Å². The normalized spacial score (nSPS) is 16.1. The number of hydrogen-bond donors (Lipinski definition) is 4. The van der Waals surface area contributed by atoms with Crippen molar-refractivity contribution in [3.63, 3.8) is 0 Å². The number of carbonyl (C=O) groups excluding carboxylic acids is 1. The van der Waals surface area contributed by atoms with Crippen LogP contribution >= 0.6 is 0 Å². The Morgan fingerprint density at radius 3 is 2.89 bits per heavy atom. The lowest BCUT2D eigenvalue weighted by Crippen LogP contribution is -2.49. The lowest BCUT2D eigenvalue weighted by Gasteiger charge is -2.32. The van der Waals surface area contributed by atoms with Gasteiger partial charge in [0.05, 0.1) is 13.1 Å². The smallest absolute Gasteiger partial charge is 0.231 e. The van der Waals surface area contributed by atoms with E-state index >= 15 is 0 Å². The Balaban J connectivity index is 1.57. The summed E-state index contributed by atoms with van der Waals surface area (Å²) < 4.78 is 0. The highest BCUT2D eigenvalue weighted by atomic mass is 16.1. The highest BCUT2D eigenvalue weighted by Gasteiger charge is 2.20. The van der Waals surface area contributed by atoms with Crippen molar-refractivity contribution in [1.29, 1.82) is 0 Å². The number of primary amides is 1. The summed E-state index contributed by atoms with van der Waals surface area (Å²) in [5.74, 6) is 1.29. The van der Waals surface area contributed by atoms with Crippen LogP contribution in [0.3, 0.4) is 0 Å². The average molecular weight is 384 g/mol. The van der Waals surface area contributed by atoms with Crippen molar-refractivity contribution >= 4 is 11.9 Å². The molecule has 0 saturated carbocycles. The standard InChI is InChI=1S/C19H28N8O/c1-2-21-19(25-16-6-8-27(9-7-16)12-17(20)28)22-11-14-4-3-5-15(10-14)18-23-13-24-26-18/h3-5,10,13,16H,2,6-9,11-12H2,1H3,(H2,20,28)(H2,21,22,25)(H,23,24,26). The summed E-state index contributed by atoms with van der Waals surface area (Å²) in [4.78, 5) is 22.1. The molecule has 5 N–H and O–H groups in total. The molecule has 1 aliphatic rings. The van der Waals surface area contributed by atoms with Gasteiger partial charge in [-0.1, -0.05) is 18.2 Å². The number of H-pyrrole nitrogens is 1. The van der Waals surface area contributed by atoms with Crippen molar-refractivity contribution in [2.75, 3.05) is 26.2 Å². The van der Waals surface area contributed by atoms with Crippen molar-refractivity contribution in [2.24, 2.45) is 10.7 Å². The summed E-state index contributed by atoms with van der Waals surface area (Å²) in [6, 6.07) is 8.45. The van der Waals surface area contributed by atoms with Crippen LogP contribution < -0.4 is 16.4 Å². The number of benzene rings is 1. The number of nitrogens with zero attached hydrogens (tertiary/aromatic N) is 4. The van der Waals surface area contributed by atoms with E-state index in [1.54, 1.807) is 0 Å². The maximum Gasteiger partial charge on any atom is 0.231 e. The number of nitrogens with two attached hydrogens (primary N) is 1. The quantitative estimate of drug-likeness (QED) is 0.406. The Morgan fingerprint density at radius 1 is 1.39 bits per heavy atom. The number of rotatable bonds is 7. The van der Waals surface area contributed by atoms with E-state index in [2.05, 4.69) is 49.8 Å². The van der Waals surface area contributed by atoms with Gasteiger partial charge in [-0.25, -0.2) is 9.98 Å². The van der Waals surface area contributed by atoms with E-state index in [9.17, 15) is 4.79 Å². The van der Waals surface area contributed by atoms with Crippen LogP contribution in [0.15, 0.2) is 35.6 Å². The third kappa shape index (κ3) is 5.78. The summed E-state index contributed by atoms with van der Waals surface area (Å²) in [6.07, 6.45) is 3.42. The average Bonchev–Trinajstić information content (AvgIpc) is 3.22. The van der Waals surface area contributed by atoms with Crippen molar-refractivity contribution in [2.45, 2.75) is 32.4 Å². The molecule has 0 aliphatic carbocycles. The van der Waals surface area contributed by atoms with Gasteiger partial charge >= 0.3 is 0 Å². The van der Waals surface area contributed by atoms with Crippen LogP contribution in [0.5, 0.6) is 0 Å².